The Morgan fingerprint density at radius 2 is 2.15 bits per heavy atom. The van der Waals surface area contributed by atoms with Gasteiger partial charge in [0.15, 0.2) is 0 Å². The molecule has 1 aromatic rings. The maximum absolute atomic E-state index is 12.6. The summed E-state index contributed by atoms with van der Waals surface area (Å²) in [5.74, 6) is 0.721. The molecule has 0 atom stereocenters. The van der Waals surface area contributed by atoms with E-state index in [1.165, 1.54) is 0 Å². The molecular weight excluding hydrogens is 272 g/mol. The molecule has 1 aliphatic heterocycles. The van der Waals surface area contributed by atoms with Crippen LogP contribution in [0.5, 0.6) is 0 Å². The van der Waals surface area contributed by atoms with E-state index in [0.29, 0.717) is 16.5 Å². The average molecular weight is 295 g/mol. The minimum atomic E-state index is 0.105. The Morgan fingerprint density at radius 1 is 1.40 bits per heavy atom. The largest absolute Gasteiger partial charge is 0.338 e. The lowest BCUT2D eigenvalue weighted by atomic mass is 9.97. The first kappa shape index (κ1) is 15.3. The van der Waals surface area contributed by atoms with Gasteiger partial charge in [-0.25, -0.2) is 0 Å². The quantitative estimate of drug-likeness (QED) is 0.904. The monoisotopic (exact) mass is 294 g/mol. The fourth-order valence-electron chi connectivity index (χ4n) is 2.73. The third-order valence-electron chi connectivity index (χ3n) is 3.79. The van der Waals surface area contributed by atoms with E-state index in [1.54, 1.807) is 12.1 Å². The van der Waals surface area contributed by atoms with Gasteiger partial charge in [-0.15, -0.1) is 0 Å². The molecule has 1 aromatic carbocycles. The summed E-state index contributed by atoms with van der Waals surface area (Å²) in [7, 11) is 0. The smallest absolute Gasteiger partial charge is 0.253 e. The topological polar surface area (TPSA) is 32.3 Å². The summed E-state index contributed by atoms with van der Waals surface area (Å²) in [4.78, 5) is 14.6. The molecule has 0 bridgehead atoms. The minimum absolute atomic E-state index is 0.105. The van der Waals surface area contributed by atoms with Crippen molar-refractivity contribution in [3.63, 3.8) is 0 Å². The van der Waals surface area contributed by atoms with Gasteiger partial charge in [-0.3, -0.25) is 4.79 Å². The fraction of sp³-hybridized carbons (Fsp3) is 0.562. The minimum Gasteiger partial charge on any atom is -0.338 e. The molecule has 3 nitrogen and oxygen atoms in total. The number of halogens is 1. The Bertz CT molecular complexity index is 444. The second-order valence-corrected chi connectivity index (χ2v) is 5.89. The molecule has 20 heavy (non-hydrogen) atoms. The van der Waals surface area contributed by atoms with Crippen LogP contribution in [0.4, 0.5) is 0 Å². The molecule has 0 aromatic heterocycles. The van der Waals surface area contributed by atoms with Crippen LogP contribution in [0, 0.1) is 5.92 Å². The number of piperidine rings is 1. The van der Waals surface area contributed by atoms with Crippen molar-refractivity contribution in [1.29, 1.82) is 0 Å². The van der Waals surface area contributed by atoms with Gasteiger partial charge in [0, 0.05) is 23.7 Å². The standard InChI is InChI=1S/C16H23ClN2O/c1-2-10-19(12-13-6-8-18-9-7-13)16(20)14-4-3-5-15(17)11-14/h3-5,11,13,18H,2,6-10,12H2,1H3. The number of amides is 1. The van der Waals surface area contributed by atoms with E-state index in [-0.39, 0.29) is 5.91 Å². The van der Waals surface area contributed by atoms with Gasteiger partial charge in [-0.1, -0.05) is 24.6 Å². The van der Waals surface area contributed by atoms with E-state index < -0.39 is 0 Å². The highest BCUT2D eigenvalue weighted by molar-refractivity contribution is 6.30. The third kappa shape index (κ3) is 4.22. The van der Waals surface area contributed by atoms with Crippen molar-refractivity contribution in [2.24, 2.45) is 5.92 Å². The maximum Gasteiger partial charge on any atom is 0.253 e. The molecule has 0 saturated carbocycles. The molecule has 1 N–H and O–H groups in total. The Morgan fingerprint density at radius 3 is 2.80 bits per heavy atom. The van der Waals surface area contributed by atoms with Crippen molar-refractivity contribution in [2.45, 2.75) is 26.2 Å². The van der Waals surface area contributed by atoms with E-state index in [1.807, 2.05) is 17.0 Å². The Hall–Kier alpha value is -1.06. The van der Waals surface area contributed by atoms with Crippen molar-refractivity contribution in [3.8, 4) is 0 Å². The van der Waals surface area contributed by atoms with Gasteiger partial charge < -0.3 is 10.2 Å². The van der Waals surface area contributed by atoms with Gasteiger partial charge in [-0.2, -0.15) is 0 Å². The van der Waals surface area contributed by atoms with E-state index >= 15 is 0 Å². The summed E-state index contributed by atoms with van der Waals surface area (Å²) in [6.45, 7) is 5.92. The predicted molar refractivity (Wildman–Crippen MR) is 83.2 cm³/mol. The van der Waals surface area contributed by atoms with Crippen molar-refractivity contribution < 1.29 is 4.79 Å². The number of hydrogen-bond acceptors (Lipinski definition) is 2. The SMILES string of the molecule is CCCN(CC1CCNCC1)C(=O)c1cccc(Cl)c1. The highest BCUT2D eigenvalue weighted by Crippen LogP contribution is 2.17. The Balaban J connectivity index is 2.04. The molecule has 1 fully saturated rings. The Kier molecular flexibility index (Phi) is 5.86. The van der Waals surface area contributed by atoms with E-state index in [0.717, 1.165) is 45.4 Å². The maximum atomic E-state index is 12.6. The third-order valence-corrected chi connectivity index (χ3v) is 4.02. The first-order chi connectivity index (χ1) is 9.70. The van der Waals surface area contributed by atoms with Crippen LogP contribution in [-0.2, 0) is 0 Å². The van der Waals surface area contributed by atoms with Crippen LogP contribution in [0.15, 0.2) is 24.3 Å². The molecule has 2 rings (SSSR count). The van der Waals surface area contributed by atoms with Gasteiger partial charge in [0.05, 0.1) is 0 Å². The van der Waals surface area contributed by atoms with Crippen LogP contribution in [0.1, 0.15) is 36.5 Å². The second kappa shape index (κ2) is 7.65. The number of benzene rings is 1. The van der Waals surface area contributed by atoms with Crippen molar-refractivity contribution in [2.75, 3.05) is 26.2 Å². The molecule has 0 radical (unpaired) electrons. The average Bonchev–Trinajstić information content (AvgIpc) is 2.47. The zero-order chi connectivity index (χ0) is 14.4. The predicted octanol–water partition coefficient (Wildman–Crippen LogP) is 3.19. The molecule has 0 aliphatic carbocycles. The molecule has 1 amide bonds. The molecule has 0 unspecified atom stereocenters. The number of nitrogens with one attached hydrogen (secondary N) is 1. The number of hydrogen-bond donors (Lipinski definition) is 1. The molecule has 110 valence electrons. The van der Waals surface area contributed by atoms with Gasteiger partial charge >= 0.3 is 0 Å². The highest BCUT2D eigenvalue weighted by Gasteiger charge is 2.21. The number of rotatable bonds is 5. The molecule has 4 heteroatoms. The molecule has 1 saturated heterocycles. The molecule has 1 heterocycles. The molecular formula is C16H23ClN2O. The van der Waals surface area contributed by atoms with Crippen molar-refractivity contribution >= 4 is 17.5 Å². The highest BCUT2D eigenvalue weighted by atomic mass is 35.5. The lowest BCUT2D eigenvalue weighted by molar-refractivity contribution is 0.0716. The number of carbonyl (C=O) groups is 1. The second-order valence-electron chi connectivity index (χ2n) is 5.45. The number of carbonyl (C=O) groups excluding carboxylic acids is 1. The van der Waals surface area contributed by atoms with E-state index in [4.69, 9.17) is 11.6 Å². The summed E-state index contributed by atoms with van der Waals surface area (Å²) >= 11 is 5.98. The first-order valence-electron chi connectivity index (χ1n) is 7.46. The first-order valence-corrected chi connectivity index (χ1v) is 7.84. The Labute approximate surface area is 126 Å². The van der Waals surface area contributed by atoms with Crippen molar-refractivity contribution in [3.05, 3.63) is 34.9 Å². The van der Waals surface area contributed by atoms with Crippen LogP contribution >= 0.6 is 11.6 Å². The number of nitrogens with zero attached hydrogens (tertiary/aromatic N) is 1. The zero-order valence-corrected chi connectivity index (χ0v) is 12.8. The lowest BCUT2D eigenvalue weighted by Gasteiger charge is -2.30. The van der Waals surface area contributed by atoms with Crippen molar-refractivity contribution in [1.82, 2.24) is 10.2 Å². The summed E-state index contributed by atoms with van der Waals surface area (Å²) in [5.41, 5.74) is 0.694. The normalized spacial score (nSPS) is 16.1. The summed E-state index contributed by atoms with van der Waals surface area (Å²) in [5, 5.41) is 3.99. The lowest BCUT2D eigenvalue weighted by Crippen LogP contribution is -2.39. The van der Waals surface area contributed by atoms with Crippen LogP contribution < -0.4 is 5.32 Å². The van der Waals surface area contributed by atoms with Gasteiger partial charge in [-0.05, 0) is 56.5 Å². The van der Waals surface area contributed by atoms with Gasteiger partial charge in [0.2, 0.25) is 0 Å². The van der Waals surface area contributed by atoms with Crippen LogP contribution in [0.3, 0.4) is 0 Å². The van der Waals surface area contributed by atoms with Crippen LogP contribution in [-0.4, -0.2) is 37.0 Å². The van der Waals surface area contributed by atoms with E-state index in [2.05, 4.69) is 12.2 Å². The van der Waals surface area contributed by atoms with Crippen LogP contribution in [0.25, 0.3) is 0 Å². The zero-order valence-electron chi connectivity index (χ0n) is 12.1. The molecule has 0 spiro atoms. The van der Waals surface area contributed by atoms with Gasteiger partial charge in [0.1, 0.15) is 0 Å². The molecule has 1 aliphatic rings. The fourth-order valence-corrected chi connectivity index (χ4v) is 2.92. The summed E-state index contributed by atoms with van der Waals surface area (Å²) in [6, 6.07) is 7.24. The van der Waals surface area contributed by atoms with Crippen LogP contribution in [0.2, 0.25) is 5.02 Å². The van der Waals surface area contributed by atoms with E-state index in [9.17, 15) is 4.79 Å². The summed E-state index contributed by atoms with van der Waals surface area (Å²) in [6.07, 6.45) is 3.29. The van der Waals surface area contributed by atoms with Gasteiger partial charge in [0.25, 0.3) is 5.91 Å². The summed E-state index contributed by atoms with van der Waals surface area (Å²) < 4.78 is 0.